The molecule has 1 aromatic rings. The molecule has 2 aliphatic rings. The van der Waals surface area contributed by atoms with Crippen LogP contribution < -0.4 is 10.3 Å². The number of imide groups is 1. The van der Waals surface area contributed by atoms with E-state index in [-0.39, 0.29) is 24.2 Å². The molecule has 1 aromatic carbocycles. The van der Waals surface area contributed by atoms with Gasteiger partial charge >= 0.3 is 5.97 Å². The highest BCUT2D eigenvalue weighted by Gasteiger charge is 2.56. The highest BCUT2D eigenvalue weighted by atomic mass is 35.5. The zero-order chi connectivity index (χ0) is 16.8. The number of hydrogen-bond donors (Lipinski definition) is 1. The third kappa shape index (κ3) is 2.55. The molecule has 1 atom stereocenters. The number of hydrogen-bond acceptors (Lipinski definition) is 6. The molecule has 23 heavy (non-hydrogen) atoms. The minimum absolute atomic E-state index is 0.0188. The average molecular weight is 356 g/mol. The number of anilines is 1. The predicted octanol–water partition coefficient (Wildman–Crippen LogP) is 1.52. The molecule has 7 nitrogen and oxygen atoms in total. The fourth-order valence-electron chi connectivity index (χ4n) is 2.67. The fraction of sp³-hybridized carbons (Fsp3) is 0.286. The minimum Gasteiger partial charge on any atom is -0.464 e. The normalized spacial score (nSPS) is 23.3. The molecule has 0 bridgehead atoms. The van der Waals surface area contributed by atoms with Crippen LogP contribution in [-0.4, -0.2) is 36.1 Å². The number of ether oxygens (including phenoxy) is 1. The minimum atomic E-state index is -1.27. The molecule has 0 aliphatic carbocycles. The van der Waals surface area contributed by atoms with Crippen molar-refractivity contribution in [2.24, 2.45) is 5.10 Å². The lowest BCUT2D eigenvalue weighted by atomic mass is 9.93. The summed E-state index contributed by atoms with van der Waals surface area (Å²) < 4.78 is 4.59. The standard InChI is InChI=1S/C14H11Cl2N3O4/c1-23-12(21)10-5-14(18-17-10)6-11(20)19(13(14)22)9-3-7(15)2-8(16)4-9/h2-4,18H,5-6H2,1H3. The maximum atomic E-state index is 12.8. The quantitative estimate of drug-likeness (QED) is 0.641. The maximum Gasteiger partial charge on any atom is 0.354 e. The Morgan fingerprint density at radius 2 is 1.91 bits per heavy atom. The third-order valence-corrected chi connectivity index (χ3v) is 4.15. The van der Waals surface area contributed by atoms with Crippen LogP contribution in [-0.2, 0) is 19.1 Å². The van der Waals surface area contributed by atoms with Crippen LogP contribution in [0.3, 0.4) is 0 Å². The van der Waals surface area contributed by atoms with Crippen molar-refractivity contribution in [2.75, 3.05) is 12.0 Å². The van der Waals surface area contributed by atoms with Crippen LogP contribution in [0.5, 0.6) is 0 Å². The Balaban J connectivity index is 1.91. The largest absolute Gasteiger partial charge is 0.464 e. The summed E-state index contributed by atoms with van der Waals surface area (Å²) in [6, 6.07) is 4.44. The number of benzene rings is 1. The SMILES string of the molecule is COC(=O)C1=NNC2(CC(=O)N(c3cc(Cl)cc(Cl)c3)C2=O)C1. The van der Waals surface area contributed by atoms with Crippen molar-refractivity contribution in [2.45, 2.75) is 18.4 Å². The van der Waals surface area contributed by atoms with Gasteiger partial charge in [-0.05, 0) is 18.2 Å². The van der Waals surface area contributed by atoms with Gasteiger partial charge in [0.2, 0.25) is 5.91 Å². The molecule has 0 radical (unpaired) electrons. The van der Waals surface area contributed by atoms with Gasteiger partial charge in [-0.25, -0.2) is 9.69 Å². The smallest absolute Gasteiger partial charge is 0.354 e. The average Bonchev–Trinajstić information content (AvgIpc) is 3.00. The topological polar surface area (TPSA) is 88.1 Å². The summed E-state index contributed by atoms with van der Waals surface area (Å²) in [5.74, 6) is -1.58. The summed E-state index contributed by atoms with van der Waals surface area (Å²) in [6.07, 6.45) is -0.144. The Morgan fingerprint density at radius 3 is 2.52 bits per heavy atom. The van der Waals surface area contributed by atoms with Crippen LogP contribution in [0.1, 0.15) is 12.8 Å². The first-order valence-electron chi connectivity index (χ1n) is 6.62. The number of amides is 2. The van der Waals surface area contributed by atoms with Crippen molar-refractivity contribution in [1.82, 2.24) is 5.43 Å². The lowest BCUT2D eigenvalue weighted by molar-refractivity contribution is -0.132. The van der Waals surface area contributed by atoms with Gasteiger partial charge in [-0.3, -0.25) is 15.0 Å². The van der Waals surface area contributed by atoms with Gasteiger partial charge in [0.05, 0.1) is 19.2 Å². The lowest BCUT2D eigenvalue weighted by Gasteiger charge is -2.21. The summed E-state index contributed by atoms with van der Waals surface area (Å²) in [4.78, 5) is 37.6. The van der Waals surface area contributed by atoms with Gasteiger partial charge in [-0.2, -0.15) is 5.10 Å². The monoisotopic (exact) mass is 355 g/mol. The predicted molar refractivity (Wildman–Crippen MR) is 83.5 cm³/mol. The Morgan fingerprint density at radius 1 is 1.26 bits per heavy atom. The van der Waals surface area contributed by atoms with Gasteiger partial charge in [0, 0.05) is 16.5 Å². The van der Waals surface area contributed by atoms with Crippen LogP contribution in [0.4, 0.5) is 5.69 Å². The van der Waals surface area contributed by atoms with Crippen LogP contribution in [0.25, 0.3) is 0 Å². The molecule has 9 heteroatoms. The van der Waals surface area contributed by atoms with E-state index in [9.17, 15) is 14.4 Å². The number of methoxy groups -OCH3 is 1. The van der Waals surface area contributed by atoms with Crippen LogP contribution in [0, 0.1) is 0 Å². The molecule has 1 saturated heterocycles. The van der Waals surface area contributed by atoms with Crippen LogP contribution >= 0.6 is 23.2 Å². The van der Waals surface area contributed by atoms with E-state index in [1.165, 1.54) is 25.3 Å². The van der Waals surface area contributed by atoms with Crippen molar-refractivity contribution >= 4 is 52.4 Å². The molecular weight excluding hydrogens is 345 g/mol. The number of carbonyl (C=O) groups is 3. The summed E-state index contributed by atoms with van der Waals surface area (Å²) in [7, 11) is 1.22. The molecule has 1 unspecified atom stereocenters. The second-order valence-corrected chi connectivity index (χ2v) is 6.13. The Bertz CT molecular complexity index is 744. The van der Waals surface area contributed by atoms with E-state index in [1.54, 1.807) is 0 Å². The first-order valence-corrected chi connectivity index (χ1v) is 7.37. The van der Waals surface area contributed by atoms with Gasteiger partial charge in [0.1, 0.15) is 11.3 Å². The van der Waals surface area contributed by atoms with E-state index in [4.69, 9.17) is 23.2 Å². The highest BCUT2D eigenvalue weighted by molar-refractivity contribution is 6.39. The molecule has 3 rings (SSSR count). The summed E-state index contributed by atoms with van der Waals surface area (Å²) in [5.41, 5.74) is 1.70. The van der Waals surface area contributed by atoms with E-state index in [0.717, 1.165) is 4.90 Å². The lowest BCUT2D eigenvalue weighted by Crippen LogP contribution is -2.47. The Hall–Kier alpha value is -2.12. The van der Waals surface area contributed by atoms with Gasteiger partial charge in [0.25, 0.3) is 5.91 Å². The first-order chi connectivity index (χ1) is 10.9. The number of rotatable bonds is 2. The summed E-state index contributed by atoms with van der Waals surface area (Å²) in [6.45, 7) is 0. The van der Waals surface area contributed by atoms with E-state index < -0.39 is 23.3 Å². The molecule has 1 N–H and O–H groups in total. The molecule has 2 heterocycles. The van der Waals surface area contributed by atoms with Crippen molar-refractivity contribution in [3.8, 4) is 0 Å². The van der Waals surface area contributed by atoms with E-state index >= 15 is 0 Å². The molecule has 2 amide bonds. The fourth-order valence-corrected chi connectivity index (χ4v) is 3.18. The van der Waals surface area contributed by atoms with Crippen molar-refractivity contribution in [1.29, 1.82) is 0 Å². The molecule has 0 aromatic heterocycles. The summed E-state index contributed by atoms with van der Waals surface area (Å²) in [5, 5.41) is 4.44. The number of esters is 1. The zero-order valence-corrected chi connectivity index (χ0v) is 13.4. The van der Waals surface area contributed by atoms with Crippen molar-refractivity contribution in [3.05, 3.63) is 28.2 Å². The van der Waals surface area contributed by atoms with E-state index in [2.05, 4.69) is 15.3 Å². The number of nitrogens with one attached hydrogen (secondary N) is 1. The molecule has 2 aliphatic heterocycles. The Labute approximate surface area is 141 Å². The number of carbonyl (C=O) groups excluding carboxylic acids is 3. The molecule has 120 valence electrons. The van der Waals surface area contributed by atoms with Crippen LogP contribution in [0.15, 0.2) is 23.3 Å². The van der Waals surface area contributed by atoms with Crippen molar-refractivity contribution < 1.29 is 19.1 Å². The molecular formula is C14H11Cl2N3O4. The second kappa shape index (κ2) is 5.50. The number of nitrogens with zero attached hydrogens (tertiary/aromatic N) is 2. The van der Waals surface area contributed by atoms with Gasteiger partial charge < -0.3 is 4.74 Å². The number of halogens is 2. The molecule has 0 saturated carbocycles. The summed E-state index contributed by atoms with van der Waals surface area (Å²) >= 11 is 11.9. The zero-order valence-electron chi connectivity index (χ0n) is 11.9. The second-order valence-electron chi connectivity index (χ2n) is 5.26. The highest BCUT2D eigenvalue weighted by Crippen LogP contribution is 2.36. The van der Waals surface area contributed by atoms with E-state index in [1.807, 2.05) is 0 Å². The van der Waals surface area contributed by atoms with Gasteiger partial charge in [-0.1, -0.05) is 23.2 Å². The van der Waals surface area contributed by atoms with Gasteiger partial charge in [0.15, 0.2) is 0 Å². The van der Waals surface area contributed by atoms with Gasteiger partial charge in [-0.15, -0.1) is 0 Å². The third-order valence-electron chi connectivity index (χ3n) is 3.72. The number of hydrazone groups is 1. The Kier molecular flexibility index (Phi) is 3.77. The van der Waals surface area contributed by atoms with Crippen molar-refractivity contribution in [3.63, 3.8) is 0 Å². The maximum absolute atomic E-state index is 12.8. The molecule has 1 fully saturated rings. The molecule has 1 spiro atoms. The van der Waals surface area contributed by atoms with Crippen LogP contribution in [0.2, 0.25) is 10.0 Å². The van der Waals surface area contributed by atoms with E-state index in [0.29, 0.717) is 10.0 Å². The first kappa shape index (κ1) is 15.8.